The maximum atomic E-state index is 11.0. The first-order chi connectivity index (χ1) is 10.0. The van der Waals surface area contributed by atoms with E-state index in [1.807, 2.05) is 0 Å². The van der Waals surface area contributed by atoms with Crippen molar-refractivity contribution in [3.63, 3.8) is 0 Å². The summed E-state index contributed by atoms with van der Waals surface area (Å²) in [4.78, 5) is 0. The minimum atomic E-state index is -0.0934. The molecule has 0 radical (unpaired) electrons. The number of aromatic hydroxyl groups is 1. The van der Waals surface area contributed by atoms with Gasteiger partial charge in [-0.05, 0) is 53.2 Å². The molecule has 0 aliphatic carbocycles. The Hall–Kier alpha value is -1.02. The van der Waals surface area contributed by atoms with Crippen LogP contribution >= 0.6 is 0 Å². The van der Waals surface area contributed by atoms with Crippen molar-refractivity contribution in [1.82, 2.24) is 0 Å². The van der Waals surface area contributed by atoms with E-state index in [0.717, 1.165) is 36.8 Å². The summed E-state index contributed by atoms with van der Waals surface area (Å²) in [7, 11) is 0. The number of hydrogen-bond acceptors (Lipinski definition) is 2. The Morgan fingerprint density at radius 2 is 1.55 bits per heavy atom. The topological polar surface area (TPSA) is 40.5 Å². The highest BCUT2D eigenvalue weighted by Gasteiger charge is 2.29. The van der Waals surface area contributed by atoms with Gasteiger partial charge in [-0.25, -0.2) is 0 Å². The molecule has 0 saturated carbocycles. The molecule has 22 heavy (non-hydrogen) atoms. The maximum Gasteiger partial charge on any atom is 0.123 e. The molecule has 0 bridgehead atoms. The van der Waals surface area contributed by atoms with Crippen LogP contribution < -0.4 is 0 Å². The standard InChI is InChI=1S/C20H34O2/c1-8-14-13-16(19(2,3)4)18(22)17(20(5,6)7)15(14)11-9-10-12-21/h13,21-22H,8-12H2,1-7H3. The van der Waals surface area contributed by atoms with E-state index in [4.69, 9.17) is 5.11 Å². The molecule has 0 saturated heterocycles. The van der Waals surface area contributed by atoms with Gasteiger partial charge in [-0.15, -0.1) is 0 Å². The highest BCUT2D eigenvalue weighted by molar-refractivity contribution is 5.55. The van der Waals surface area contributed by atoms with E-state index in [-0.39, 0.29) is 17.4 Å². The van der Waals surface area contributed by atoms with Crippen LogP contribution in [0.25, 0.3) is 0 Å². The minimum Gasteiger partial charge on any atom is -0.507 e. The van der Waals surface area contributed by atoms with Gasteiger partial charge < -0.3 is 10.2 Å². The monoisotopic (exact) mass is 306 g/mol. The van der Waals surface area contributed by atoms with E-state index in [1.165, 1.54) is 11.1 Å². The predicted octanol–water partition coefficient (Wildman–Crippen LogP) is 4.86. The molecule has 0 heterocycles. The zero-order valence-corrected chi connectivity index (χ0v) is 15.5. The largest absolute Gasteiger partial charge is 0.507 e. The summed E-state index contributed by atoms with van der Waals surface area (Å²) in [5, 5.41) is 20.0. The van der Waals surface area contributed by atoms with Gasteiger partial charge in [-0.3, -0.25) is 0 Å². The van der Waals surface area contributed by atoms with Crippen LogP contribution in [0.2, 0.25) is 0 Å². The molecule has 1 aromatic carbocycles. The lowest BCUT2D eigenvalue weighted by Gasteiger charge is -2.31. The van der Waals surface area contributed by atoms with Crippen LogP contribution in [-0.2, 0) is 23.7 Å². The molecule has 0 amide bonds. The molecule has 1 aromatic rings. The number of aliphatic hydroxyl groups is 1. The zero-order valence-electron chi connectivity index (χ0n) is 15.5. The van der Waals surface area contributed by atoms with Crippen LogP contribution in [0.1, 0.15) is 83.6 Å². The van der Waals surface area contributed by atoms with E-state index in [0.29, 0.717) is 5.75 Å². The molecule has 2 nitrogen and oxygen atoms in total. The second-order valence-electron chi connectivity index (χ2n) is 8.32. The quantitative estimate of drug-likeness (QED) is 0.762. The van der Waals surface area contributed by atoms with Crippen LogP contribution in [0.15, 0.2) is 6.07 Å². The van der Waals surface area contributed by atoms with Crippen molar-refractivity contribution in [1.29, 1.82) is 0 Å². The Balaban J connectivity index is 3.56. The summed E-state index contributed by atoms with van der Waals surface area (Å²) in [5.41, 5.74) is 4.59. The zero-order chi connectivity index (χ0) is 17.1. The fourth-order valence-corrected chi connectivity index (χ4v) is 3.16. The van der Waals surface area contributed by atoms with Gasteiger partial charge in [0.2, 0.25) is 0 Å². The highest BCUT2D eigenvalue weighted by atomic mass is 16.3. The third-order valence-electron chi connectivity index (χ3n) is 4.27. The maximum absolute atomic E-state index is 11.0. The Bertz CT molecular complexity index is 502. The Kier molecular flexibility index (Phi) is 6.09. The van der Waals surface area contributed by atoms with E-state index < -0.39 is 0 Å². The lowest BCUT2D eigenvalue weighted by molar-refractivity contribution is 0.284. The summed E-state index contributed by atoms with van der Waals surface area (Å²) in [6.07, 6.45) is 3.67. The van der Waals surface area contributed by atoms with E-state index >= 15 is 0 Å². The minimum absolute atomic E-state index is 0.0718. The number of phenolic OH excluding ortho intramolecular Hbond substituents is 1. The number of aliphatic hydroxyl groups excluding tert-OH is 1. The summed E-state index contributed by atoms with van der Waals surface area (Å²) in [5.74, 6) is 0.469. The SMILES string of the molecule is CCc1cc(C(C)(C)C)c(O)c(C(C)(C)C)c1CCCCO. The summed E-state index contributed by atoms with van der Waals surface area (Å²) in [6, 6.07) is 2.19. The van der Waals surface area contributed by atoms with Crippen molar-refractivity contribution in [3.8, 4) is 5.75 Å². The molecule has 0 unspecified atom stereocenters. The first-order valence-electron chi connectivity index (χ1n) is 8.53. The van der Waals surface area contributed by atoms with Gasteiger partial charge in [-0.1, -0.05) is 54.5 Å². The molecule has 1 rings (SSSR count). The van der Waals surface area contributed by atoms with Crippen LogP contribution in [0.5, 0.6) is 5.75 Å². The van der Waals surface area contributed by atoms with Crippen molar-refractivity contribution >= 4 is 0 Å². The number of rotatable bonds is 5. The van der Waals surface area contributed by atoms with Crippen molar-refractivity contribution in [2.75, 3.05) is 6.61 Å². The van der Waals surface area contributed by atoms with E-state index in [2.05, 4.69) is 54.5 Å². The highest BCUT2D eigenvalue weighted by Crippen LogP contribution is 2.43. The van der Waals surface area contributed by atoms with Gasteiger partial charge in [0.05, 0.1) is 0 Å². The van der Waals surface area contributed by atoms with E-state index in [1.54, 1.807) is 0 Å². The summed E-state index contributed by atoms with van der Waals surface area (Å²) >= 11 is 0. The molecule has 0 fully saturated rings. The van der Waals surface area contributed by atoms with Crippen molar-refractivity contribution in [2.24, 2.45) is 0 Å². The van der Waals surface area contributed by atoms with E-state index in [9.17, 15) is 5.11 Å². The smallest absolute Gasteiger partial charge is 0.123 e. The fourth-order valence-electron chi connectivity index (χ4n) is 3.16. The third-order valence-corrected chi connectivity index (χ3v) is 4.27. The lowest BCUT2D eigenvalue weighted by Crippen LogP contribution is -2.21. The van der Waals surface area contributed by atoms with Crippen LogP contribution in [-0.4, -0.2) is 16.8 Å². The fraction of sp³-hybridized carbons (Fsp3) is 0.700. The molecule has 2 N–H and O–H groups in total. The molecule has 0 atom stereocenters. The molecule has 0 spiro atoms. The number of unbranched alkanes of at least 4 members (excludes halogenated alkanes) is 1. The predicted molar refractivity (Wildman–Crippen MR) is 94.9 cm³/mol. The Labute approximate surface area is 136 Å². The van der Waals surface area contributed by atoms with Crippen LogP contribution in [0.3, 0.4) is 0 Å². The van der Waals surface area contributed by atoms with Gasteiger partial charge in [0.15, 0.2) is 0 Å². The first-order valence-corrected chi connectivity index (χ1v) is 8.53. The van der Waals surface area contributed by atoms with Gasteiger partial charge in [-0.2, -0.15) is 0 Å². The molecule has 2 heteroatoms. The molecular weight excluding hydrogens is 272 g/mol. The number of aryl methyl sites for hydroxylation is 1. The van der Waals surface area contributed by atoms with Gasteiger partial charge in [0.25, 0.3) is 0 Å². The van der Waals surface area contributed by atoms with Gasteiger partial charge in [0, 0.05) is 12.2 Å². The average Bonchev–Trinajstić information content (AvgIpc) is 2.36. The van der Waals surface area contributed by atoms with Crippen LogP contribution in [0, 0.1) is 0 Å². The summed E-state index contributed by atoms with van der Waals surface area (Å²) < 4.78 is 0. The van der Waals surface area contributed by atoms with Crippen LogP contribution in [0.4, 0.5) is 0 Å². The molecule has 0 aromatic heterocycles. The molecule has 0 aliphatic heterocycles. The molecule has 126 valence electrons. The second kappa shape index (κ2) is 7.04. The number of phenols is 1. The Morgan fingerprint density at radius 3 is 1.95 bits per heavy atom. The number of hydrogen-bond donors (Lipinski definition) is 2. The third kappa shape index (κ3) is 4.25. The van der Waals surface area contributed by atoms with Gasteiger partial charge in [0.1, 0.15) is 5.75 Å². The Morgan fingerprint density at radius 1 is 0.955 bits per heavy atom. The molecular formula is C20H34O2. The molecule has 0 aliphatic rings. The average molecular weight is 306 g/mol. The normalized spacial score (nSPS) is 12.7. The van der Waals surface area contributed by atoms with Crippen molar-refractivity contribution < 1.29 is 10.2 Å². The number of benzene rings is 1. The van der Waals surface area contributed by atoms with Crippen molar-refractivity contribution in [3.05, 3.63) is 28.3 Å². The summed E-state index contributed by atoms with van der Waals surface area (Å²) in [6.45, 7) is 15.4. The first kappa shape index (κ1) is 19.0. The van der Waals surface area contributed by atoms with Gasteiger partial charge >= 0.3 is 0 Å². The lowest BCUT2D eigenvalue weighted by atomic mass is 9.74. The second-order valence-corrected chi connectivity index (χ2v) is 8.32. The van der Waals surface area contributed by atoms with Crippen molar-refractivity contribution in [2.45, 2.75) is 85.0 Å².